The lowest BCUT2D eigenvalue weighted by atomic mass is 10.2. The van der Waals surface area contributed by atoms with Crippen molar-refractivity contribution in [3.05, 3.63) is 36.2 Å². The van der Waals surface area contributed by atoms with Crippen molar-refractivity contribution in [2.75, 3.05) is 13.2 Å². The first-order valence-corrected chi connectivity index (χ1v) is 7.62. The summed E-state index contributed by atoms with van der Waals surface area (Å²) in [6, 6.07) is 9.79. The Kier molecular flexibility index (Phi) is 4.97. The summed E-state index contributed by atoms with van der Waals surface area (Å²) in [5, 5.41) is 11.4. The van der Waals surface area contributed by atoms with Crippen LogP contribution in [-0.4, -0.2) is 29.5 Å². The van der Waals surface area contributed by atoms with E-state index >= 15 is 0 Å². The highest BCUT2D eigenvalue weighted by Crippen LogP contribution is 2.20. The van der Waals surface area contributed by atoms with E-state index in [-0.39, 0.29) is 0 Å². The van der Waals surface area contributed by atoms with Crippen LogP contribution in [0.1, 0.15) is 31.6 Å². The van der Waals surface area contributed by atoms with E-state index in [1.807, 2.05) is 30.3 Å². The Balaban J connectivity index is 1.39. The zero-order valence-electron chi connectivity index (χ0n) is 12.1. The van der Waals surface area contributed by atoms with Gasteiger partial charge in [0.05, 0.1) is 19.3 Å². The molecular formula is C16H21N3O2. The molecule has 1 N–H and O–H groups in total. The van der Waals surface area contributed by atoms with Crippen LogP contribution in [0.3, 0.4) is 0 Å². The molecule has 112 valence electrons. The van der Waals surface area contributed by atoms with Crippen molar-refractivity contribution in [2.24, 2.45) is 0 Å². The van der Waals surface area contributed by atoms with E-state index in [1.165, 1.54) is 25.7 Å². The lowest BCUT2D eigenvalue weighted by Gasteiger charge is -2.10. The molecule has 0 radical (unpaired) electrons. The van der Waals surface area contributed by atoms with Gasteiger partial charge in [-0.15, -0.1) is 10.2 Å². The number of benzene rings is 1. The number of nitrogens with zero attached hydrogens (tertiary/aromatic N) is 2. The minimum Gasteiger partial charge on any atom is -0.419 e. The number of hydrogen-bond donors (Lipinski definition) is 1. The molecular weight excluding hydrogens is 266 g/mol. The molecule has 1 fully saturated rings. The summed E-state index contributed by atoms with van der Waals surface area (Å²) in [5.41, 5.74) is 0.945. The van der Waals surface area contributed by atoms with Gasteiger partial charge in [0.25, 0.3) is 0 Å². The van der Waals surface area contributed by atoms with Crippen molar-refractivity contribution in [1.82, 2.24) is 15.5 Å². The van der Waals surface area contributed by atoms with Crippen LogP contribution in [0.15, 0.2) is 34.7 Å². The maximum Gasteiger partial charge on any atom is 0.247 e. The van der Waals surface area contributed by atoms with Crippen molar-refractivity contribution in [3.8, 4) is 11.5 Å². The topological polar surface area (TPSA) is 60.2 Å². The summed E-state index contributed by atoms with van der Waals surface area (Å²) in [6.45, 7) is 2.12. The predicted molar refractivity (Wildman–Crippen MR) is 79.6 cm³/mol. The Morgan fingerprint density at radius 3 is 2.76 bits per heavy atom. The molecule has 2 aromatic rings. The smallest absolute Gasteiger partial charge is 0.247 e. The molecule has 0 aliphatic heterocycles. The second kappa shape index (κ2) is 7.33. The Bertz CT molecular complexity index is 535. The second-order valence-electron chi connectivity index (χ2n) is 5.32. The van der Waals surface area contributed by atoms with Crippen LogP contribution in [0, 0.1) is 0 Å². The van der Waals surface area contributed by atoms with Gasteiger partial charge in [-0.05, 0) is 25.0 Å². The predicted octanol–water partition coefficient (Wildman–Crippen LogP) is 2.79. The third-order valence-electron chi connectivity index (χ3n) is 3.70. The van der Waals surface area contributed by atoms with Gasteiger partial charge in [-0.1, -0.05) is 31.0 Å². The van der Waals surface area contributed by atoms with Crippen LogP contribution < -0.4 is 5.32 Å². The molecule has 1 aromatic carbocycles. The maximum atomic E-state index is 5.79. The number of rotatable bonds is 7. The highest BCUT2D eigenvalue weighted by molar-refractivity contribution is 5.51. The number of ether oxygens (including phenoxy) is 1. The van der Waals surface area contributed by atoms with Crippen LogP contribution in [0.5, 0.6) is 0 Å². The molecule has 1 aliphatic rings. The van der Waals surface area contributed by atoms with E-state index in [0.717, 1.165) is 18.7 Å². The molecule has 1 heterocycles. The molecule has 1 aromatic heterocycles. The zero-order valence-corrected chi connectivity index (χ0v) is 12.1. The fraction of sp³-hybridized carbons (Fsp3) is 0.500. The largest absolute Gasteiger partial charge is 0.419 e. The maximum absolute atomic E-state index is 5.79. The van der Waals surface area contributed by atoms with Gasteiger partial charge in [-0.2, -0.15) is 0 Å². The van der Waals surface area contributed by atoms with Crippen molar-refractivity contribution >= 4 is 0 Å². The summed E-state index contributed by atoms with van der Waals surface area (Å²) < 4.78 is 11.4. The van der Waals surface area contributed by atoms with Gasteiger partial charge >= 0.3 is 0 Å². The van der Waals surface area contributed by atoms with Crippen LogP contribution in [0.25, 0.3) is 11.5 Å². The van der Waals surface area contributed by atoms with Gasteiger partial charge in [0, 0.05) is 12.1 Å². The van der Waals surface area contributed by atoms with Crippen molar-refractivity contribution in [1.29, 1.82) is 0 Å². The van der Waals surface area contributed by atoms with Gasteiger partial charge in [-0.3, -0.25) is 0 Å². The van der Waals surface area contributed by atoms with E-state index in [9.17, 15) is 0 Å². The number of aromatic nitrogens is 2. The first kappa shape index (κ1) is 14.2. The van der Waals surface area contributed by atoms with E-state index in [2.05, 4.69) is 15.5 Å². The molecule has 0 spiro atoms. The summed E-state index contributed by atoms with van der Waals surface area (Å²) in [4.78, 5) is 0. The standard InChI is InChI=1S/C16H21N3O2/c1-2-6-13(7-3-1)16-19-18-15(21-16)12-17-10-11-20-14-8-4-5-9-14/h1-3,6-7,14,17H,4-5,8-12H2. The van der Waals surface area contributed by atoms with Crippen molar-refractivity contribution in [3.63, 3.8) is 0 Å². The molecule has 1 saturated carbocycles. The van der Waals surface area contributed by atoms with Crippen molar-refractivity contribution in [2.45, 2.75) is 38.3 Å². The van der Waals surface area contributed by atoms with Gasteiger partial charge in [0.2, 0.25) is 11.8 Å². The fourth-order valence-corrected chi connectivity index (χ4v) is 2.57. The van der Waals surface area contributed by atoms with Gasteiger partial charge in [0.15, 0.2) is 0 Å². The lowest BCUT2D eigenvalue weighted by molar-refractivity contribution is 0.0600. The Labute approximate surface area is 124 Å². The minimum absolute atomic E-state index is 0.472. The first-order valence-electron chi connectivity index (χ1n) is 7.62. The second-order valence-corrected chi connectivity index (χ2v) is 5.32. The lowest BCUT2D eigenvalue weighted by Crippen LogP contribution is -2.22. The molecule has 5 heteroatoms. The highest BCUT2D eigenvalue weighted by Gasteiger charge is 2.14. The molecule has 0 atom stereocenters. The monoisotopic (exact) mass is 287 g/mol. The van der Waals surface area contributed by atoms with Crippen molar-refractivity contribution < 1.29 is 9.15 Å². The fourth-order valence-electron chi connectivity index (χ4n) is 2.57. The summed E-state index contributed by atoms with van der Waals surface area (Å²) in [7, 11) is 0. The molecule has 0 amide bonds. The molecule has 1 aliphatic carbocycles. The normalized spacial score (nSPS) is 15.6. The molecule has 0 unspecified atom stereocenters. The summed E-state index contributed by atoms with van der Waals surface area (Å²) in [5.74, 6) is 1.17. The zero-order chi connectivity index (χ0) is 14.3. The number of nitrogens with one attached hydrogen (secondary N) is 1. The number of hydrogen-bond acceptors (Lipinski definition) is 5. The van der Waals surface area contributed by atoms with Crippen LogP contribution in [0.4, 0.5) is 0 Å². The van der Waals surface area contributed by atoms with Crippen LogP contribution >= 0.6 is 0 Å². The molecule has 0 saturated heterocycles. The van der Waals surface area contributed by atoms with Crippen LogP contribution in [0.2, 0.25) is 0 Å². The average Bonchev–Trinajstić information content (AvgIpc) is 3.19. The Morgan fingerprint density at radius 1 is 1.14 bits per heavy atom. The Morgan fingerprint density at radius 2 is 1.95 bits per heavy atom. The SMILES string of the molecule is c1ccc(-c2nnc(CNCCOC3CCCC3)o2)cc1. The summed E-state index contributed by atoms with van der Waals surface area (Å²) >= 11 is 0. The molecule has 21 heavy (non-hydrogen) atoms. The van der Waals surface area contributed by atoms with Gasteiger partial charge in [-0.25, -0.2) is 0 Å². The molecule has 0 bridgehead atoms. The third-order valence-corrected chi connectivity index (χ3v) is 3.70. The Hall–Kier alpha value is -1.72. The third kappa shape index (κ3) is 4.12. The average molecular weight is 287 g/mol. The van der Waals surface area contributed by atoms with Crippen LogP contribution in [-0.2, 0) is 11.3 Å². The minimum atomic E-state index is 0.472. The first-order chi connectivity index (χ1) is 10.4. The van der Waals surface area contributed by atoms with E-state index in [0.29, 0.717) is 24.4 Å². The van der Waals surface area contributed by atoms with E-state index in [4.69, 9.17) is 9.15 Å². The molecule has 3 rings (SSSR count). The summed E-state index contributed by atoms with van der Waals surface area (Å²) in [6.07, 6.45) is 5.51. The van der Waals surface area contributed by atoms with E-state index in [1.54, 1.807) is 0 Å². The van der Waals surface area contributed by atoms with Gasteiger partial charge < -0.3 is 14.5 Å². The molecule has 5 nitrogen and oxygen atoms in total. The van der Waals surface area contributed by atoms with Gasteiger partial charge in [0.1, 0.15) is 0 Å². The highest BCUT2D eigenvalue weighted by atomic mass is 16.5. The quantitative estimate of drug-likeness (QED) is 0.793. The van der Waals surface area contributed by atoms with E-state index < -0.39 is 0 Å².